The molecule has 0 saturated heterocycles. The smallest absolute Gasteiger partial charge is 0.154 e. The zero-order valence-corrected chi connectivity index (χ0v) is 14.0. The molecule has 116 valence electrons. The first kappa shape index (κ1) is 17.2. The van der Waals surface area contributed by atoms with E-state index in [0.29, 0.717) is 12.5 Å². The molecule has 0 radical (unpaired) electrons. The number of rotatable bonds is 8. The lowest BCUT2D eigenvalue weighted by atomic mass is 10.2. The summed E-state index contributed by atoms with van der Waals surface area (Å²) in [6.07, 6.45) is 1.94. The summed E-state index contributed by atoms with van der Waals surface area (Å²) in [6, 6.07) is 0. The van der Waals surface area contributed by atoms with Gasteiger partial charge in [0.15, 0.2) is 9.84 Å². The second-order valence-corrected chi connectivity index (χ2v) is 8.62. The first-order valence-electron chi connectivity index (χ1n) is 7.17. The predicted molar refractivity (Wildman–Crippen MR) is 82.4 cm³/mol. The largest absolute Gasteiger partial charge is 0.312 e. The Hall–Kier alpha value is -0.880. The van der Waals surface area contributed by atoms with Crippen molar-refractivity contribution in [2.75, 3.05) is 12.3 Å². The van der Waals surface area contributed by atoms with Crippen LogP contribution >= 0.6 is 0 Å². The first-order valence-corrected chi connectivity index (χ1v) is 8.89. The number of aryl methyl sites for hydroxylation is 2. The highest BCUT2D eigenvalue weighted by molar-refractivity contribution is 7.91. The van der Waals surface area contributed by atoms with Gasteiger partial charge in [0.1, 0.15) is 0 Å². The van der Waals surface area contributed by atoms with Crippen molar-refractivity contribution < 1.29 is 8.42 Å². The molecule has 5 nitrogen and oxygen atoms in total. The van der Waals surface area contributed by atoms with Gasteiger partial charge in [-0.2, -0.15) is 5.10 Å². The highest BCUT2D eigenvalue weighted by Gasteiger charge is 2.16. The van der Waals surface area contributed by atoms with Crippen molar-refractivity contribution in [1.29, 1.82) is 0 Å². The third kappa shape index (κ3) is 5.25. The van der Waals surface area contributed by atoms with E-state index in [4.69, 9.17) is 0 Å². The van der Waals surface area contributed by atoms with E-state index in [-0.39, 0.29) is 11.0 Å². The van der Waals surface area contributed by atoms with Crippen LogP contribution in [-0.2, 0) is 22.9 Å². The maximum absolute atomic E-state index is 11.8. The molecule has 1 rings (SSSR count). The molecular weight excluding hydrogens is 274 g/mol. The van der Waals surface area contributed by atoms with Gasteiger partial charge >= 0.3 is 0 Å². The van der Waals surface area contributed by atoms with E-state index in [1.165, 1.54) is 0 Å². The van der Waals surface area contributed by atoms with Crippen LogP contribution in [0.25, 0.3) is 0 Å². The van der Waals surface area contributed by atoms with Crippen LogP contribution < -0.4 is 5.32 Å². The topological polar surface area (TPSA) is 64.0 Å². The van der Waals surface area contributed by atoms with E-state index in [2.05, 4.69) is 24.3 Å². The minimum atomic E-state index is -3.00. The number of nitrogens with one attached hydrogen (secondary N) is 1. The Kier molecular flexibility index (Phi) is 6.20. The average Bonchev–Trinajstić information content (AvgIpc) is 2.67. The molecule has 0 saturated carbocycles. The van der Waals surface area contributed by atoms with Gasteiger partial charge in [-0.25, -0.2) is 8.42 Å². The molecule has 1 aromatic heterocycles. The first-order chi connectivity index (χ1) is 9.22. The number of hydrogen-bond donors (Lipinski definition) is 1. The van der Waals surface area contributed by atoms with E-state index in [9.17, 15) is 8.42 Å². The monoisotopic (exact) mass is 301 g/mol. The van der Waals surface area contributed by atoms with Crippen molar-refractivity contribution in [3.8, 4) is 0 Å². The summed E-state index contributed by atoms with van der Waals surface area (Å²) in [5, 5.41) is 7.43. The highest BCUT2D eigenvalue weighted by atomic mass is 32.2. The van der Waals surface area contributed by atoms with Crippen LogP contribution in [0.3, 0.4) is 0 Å². The standard InChI is InChI=1S/C14H27N3O2S/c1-11(2)8-15-9-14-10-17(16-13(14)5)6-7-20(18,19)12(3)4/h10-12,15H,6-9H2,1-5H3. The third-order valence-electron chi connectivity index (χ3n) is 3.24. The van der Waals surface area contributed by atoms with Crippen LogP contribution in [-0.4, -0.2) is 35.7 Å². The van der Waals surface area contributed by atoms with Crippen LogP contribution in [0.15, 0.2) is 6.20 Å². The van der Waals surface area contributed by atoms with Crippen LogP contribution in [0.5, 0.6) is 0 Å². The molecule has 0 atom stereocenters. The molecule has 6 heteroatoms. The van der Waals surface area contributed by atoms with E-state index in [0.717, 1.165) is 24.3 Å². The fourth-order valence-corrected chi connectivity index (χ4v) is 2.71. The van der Waals surface area contributed by atoms with E-state index in [1.54, 1.807) is 18.5 Å². The van der Waals surface area contributed by atoms with Crippen molar-refractivity contribution in [3.05, 3.63) is 17.5 Å². The number of aromatic nitrogens is 2. The van der Waals surface area contributed by atoms with Crippen molar-refractivity contribution in [2.45, 2.75) is 53.0 Å². The SMILES string of the molecule is Cc1nn(CCS(=O)(=O)C(C)C)cc1CNCC(C)C. The molecule has 0 aliphatic heterocycles. The normalized spacial score (nSPS) is 12.6. The summed E-state index contributed by atoms with van der Waals surface area (Å²) in [7, 11) is -3.00. The van der Waals surface area contributed by atoms with E-state index >= 15 is 0 Å². The van der Waals surface area contributed by atoms with Gasteiger partial charge in [0.25, 0.3) is 0 Å². The average molecular weight is 301 g/mol. The van der Waals surface area contributed by atoms with Crippen LogP contribution in [0.2, 0.25) is 0 Å². The zero-order chi connectivity index (χ0) is 15.3. The Morgan fingerprint density at radius 2 is 1.95 bits per heavy atom. The van der Waals surface area contributed by atoms with Crippen molar-refractivity contribution >= 4 is 9.84 Å². The Morgan fingerprint density at radius 3 is 2.50 bits per heavy atom. The molecule has 0 bridgehead atoms. The molecule has 0 aliphatic rings. The second-order valence-electron chi connectivity index (χ2n) is 5.94. The zero-order valence-electron chi connectivity index (χ0n) is 13.2. The Bertz CT molecular complexity index is 519. The molecule has 0 aliphatic carbocycles. The Balaban J connectivity index is 2.57. The lowest BCUT2D eigenvalue weighted by Crippen LogP contribution is -2.21. The van der Waals surface area contributed by atoms with Gasteiger partial charge in [-0.1, -0.05) is 13.8 Å². The summed E-state index contributed by atoms with van der Waals surface area (Å²) in [5.41, 5.74) is 2.09. The fraction of sp³-hybridized carbons (Fsp3) is 0.786. The van der Waals surface area contributed by atoms with E-state index < -0.39 is 9.84 Å². The van der Waals surface area contributed by atoms with Gasteiger partial charge in [-0.3, -0.25) is 4.68 Å². The Morgan fingerprint density at radius 1 is 1.30 bits per heavy atom. The van der Waals surface area contributed by atoms with Gasteiger partial charge in [0, 0.05) is 18.3 Å². The highest BCUT2D eigenvalue weighted by Crippen LogP contribution is 2.07. The quantitative estimate of drug-likeness (QED) is 0.794. The van der Waals surface area contributed by atoms with Gasteiger partial charge in [0.2, 0.25) is 0 Å². The minimum Gasteiger partial charge on any atom is -0.312 e. The molecule has 1 heterocycles. The van der Waals surface area contributed by atoms with Crippen LogP contribution in [0, 0.1) is 12.8 Å². The molecule has 1 aromatic rings. The summed E-state index contributed by atoms with van der Waals surface area (Å²) >= 11 is 0. The minimum absolute atomic E-state index is 0.144. The van der Waals surface area contributed by atoms with Crippen LogP contribution in [0.4, 0.5) is 0 Å². The molecule has 0 spiro atoms. The van der Waals surface area contributed by atoms with Crippen LogP contribution in [0.1, 0.15) is 39.0 Å². The molecule has 20 heavy (non-hydrogen) atoms. The predicted octanol–water partition coefficient (Wildman–Crippen LogP) is 1.76. The number of hydrogen-bond acceptors (Lipinski definition) is 4. The molecule has 0 fully saturated rings. The number of nitrogens with zero attached hydrogens (tertiary/aromatic N) is 2. The van der Waals surface area contributed by atoms with Crippen molar-refractivity contribution in [3.63, 3.8) is 0 Å². The summed E-state index contributed by atoms with van der Waals surface area (Å²) < 4.78 is 25.3. The summed E-state index contributed by atoms with van der Waals surface area (Å²) in [4.78, 5) is 0. The third-order valence-corrected chi connectivity index (χ3v) is 5.43. The number of sulfone groups is 1. The van der Waals surface area contributed by atoms with Crippen molar-refractivity contribution in [1.82, 2.24) is 15.1 Å². The van der Waals surface area contributed by atoms with E-state index in [1.807, 2.05) is 13.1 Å². The van der Waals surface area contributed by atoms with Gasteiger partial charge < -0.3 is 5.32 Å². The van der Waals surface area contributed by atoms with Gasteiger partial charge in [0.05, 0.1) is 23.2 Å². The second kappa shape index (κ2) is 7.22. The fourth-order valence-electron chi connectivity index (χ4n) is 1.80. The van der Waals surface area contributed by atoms with Crippen molar-refractivity contribution in [2.24, 2.45) is 5.92 Å². The summed E-state index contributed by atoms with van der Waals surface area (Å²) in [6.45, 7) is 11.9. The van der Waals surface area contributed by atoms with Gasteiger partial charge in [-0.05, 0) is 33.2 Å². The molecule has 0 unspecified atom stereocenters. The molecule has 1 N–H and O–H groups in total. The Labute approximate surface area is 122 Å². The molecule has 0 amide bonds. The maximum Gasteiger partial charge on any atom is 0.154 e. The lowest BCUT2D eigenvalue weighted by molar-refractivity contribution is 0.551. The van der Waals surface area contributed by atoms with Gasteiger partial charge in [-0.15, -0.1) is 0 Å². The molecular formula is C14H27N3O2S. The molecule has 0 aromatic carbocycles. The maximum atomic E-state index is 11.8. The lowest BCUT2D eigenvalue weighted by Gasteiger charge is -2.07. The summed E-state index contributed by atoms with van der Waals surface area (Å²) in [5.74, 6) is 0.756.